The summed E-state index contributed by atoms with van der Waals surface area (Å²) in [7, 11) is 0. The number of phenolic OH excluding ortho intramolecular Hbond substituents is 1. The molecule has 98 valence electrons. The predicted molar refractivity (Wildman–Crippen MR) is 65.6 cm³/mol. The monoisotopic (exact) mass is 251 g/mol. The summed E-state index contributed by atoms with van der Waals surface area (Å²) in [6.07, 6.45) is -0.305. The van der Waals surface area contributed by atoms with Gasteiger partial charge in [-0.25, -0.2) is 0 Å². The highest BCUT2D eigenvalue weighted by Gasteiger charge is 2.25. The molecule has 5 heteroatoms. The van der Waals surface area contributed by atoms with E-state index >= 15 is 0 Å². The van der Waals surface area contributed by atoms with Crippen LogP contribution < -0.4 is 0 Å². The average molecular weight is 251 g/mol. The molecule has 0 spiro atoms. The fourth-order valence-electron chi connectivity index (χ4n) is 2.07. The van der Waals surface area contributed by atoms with E-state index in [1.807, 2.05) is 0 Å². The minimum atomic E-state index is -0.305. The van der Waals surface area contributed by atoms with Gasteiger partial charge in [-0.2, -0.15) is 0 Å². The number of morpholine rings is 1. The van der Waals surface area contributed by atoms with E-state index in [1.54, 1.807) is 24.0 Å². The number of ether oxygens (including phenoxy) is 1. The Morgan fingerprint density at radius 3 is 3.00 bits per heavy atom. The van der Waals surface area contributed by atoms with E-state index in [2.05, 4.69) is 0 Å². The maximum absolute atomic E-state index is 12.3. The van der Waals surface area contributed by atoms with Crippen molar-refractivity contribution in [3.05, 3.63) is 29.3 Å². The number of aryl methyl sites for hydroxylation is 1. The molecule has 1 saturated heterocycles. The predicted octanol–water partition coefficient (Wildman–Crippen LogP) is 0.534. The van der Waals surface area contributed by atoms with Gasteiger partial charge in [0.25, 0.3) is 5.91 Å². The third-order valence-corrected chi connectivity index (χ3v) is 3.07. The molecule has 1 aliphatic rings. The summed E-state index contributed by atoms with van der Waals surface area (Å²) in [6, 6.07) is 4.69. The molecule has 5 nitrogen and oxygen atoms in total. The van der Waals surface area contributed by atoms with Crippen LogP contribution in [0.15, 0.2) is 18.2 Å². The number of aliphatic hydroxyl groups is 1. The fraction of sp³-hybridized carbons (Fsp3) is 0.462. The number of hydrogen-bond donors (Lipinski definition) is 2. The Bertz CT molecular complexity index is 447. The van der Waals surface area contributed by atoms with Crippen LogP contribution in [0.5, 0.6) is 5.75 Å². The number of hydrogen-bond acceptors (Lipinski definition) is 4. The molecule has 2 N–H and O–H groups in total. The number of amides is 1. The molecule has 0 aliphatic carbocycles. The smallest absolute Gasteiger partial charge is 0.254 e. The van der Waals surface area contributed by atoms with Gasteiger partial charge in [-0.3, -0.25) is 4.79 Å². The molecular weight excluding hydrogens is 234 g/mol. The third-order valence-electron chi connectivity index (χ3n) is 3.07. The van der Waals surface area contributed by atoms with Crippen LogP contribution in [0.2, 0.25) is 0 Å². The first-order valence-electron chi connectivity index (χ1n) is 5.93. The number of carbonyl (C=O) groups is 1. The minimum Gasteiger partial charge on any atom is -0.508 e. The van der Waals surface area contributed by atoms with E-state index in [-0.39, 0.29) is 24.4 Å². The van der Waals surface area contributed by atoms with Gasteiger partial charge in [0.1, 0.15) is 5.75 Å². The third kappa shape index (κ3) is 2.63. The lowest BCUT2D eigenvalue weighted by atomic mass is 10.1. The van der Waals surface area contributed by atoms with Gasteiger partial charge in [0.05, 0.1) is 19.3 Å². The molecule has 0 saturated carbocycles. The first-order chi connectivity index (χ1) is 8.61. The number of rotatable bonds is 2. The maximum atomic E-state index is 12.3. The van der Waals surface area contributed by atoms with Crippen LogP contribution in [0.25, 0.3) is 0 Å². The van der Waals surface area contributed by atoms with Crippen LogP contribution in [0.1, 0.15) is 15.9 Å². The van der Waals surface area contributed by atoms with Crippen molar-refractivity contribution in [2.45, 2.75) is 13.0 Å². The molecule has 1 atom stereocenters. The molecule has 0 aromatic heterocycles. The number of nitrogens with zero attached hydrogens (tertiary/aromatic N) is 1. The highest BCUT2D eigenvalue weighted by atomic mass is 16.5. The Morgan fingerprint density at radius 2 is 2.33 bits per heavy atom. The van der Waals surface area contributed by atoms with E-state index < -0.39 is 0 Å². The first kappa shape index (κ1) is 12.9. The van der Waals surface area contributed by atoms with Gasteiger partial charge in [-0.05, 0) is 30.7 Å². The Hall–Kier alpha value is -1.59. The van der Waals surface area contributed by atoms with Crippen molar-refractivity contribution in [1.82, 2.24) is 4.90 Å². The van der Waals surface area contributed by atoms with Gasteiger partial charge >= 0.3 is 0 Å². The first-order valence-corrected chi connectivity index (χ1v) is 5.93. The Morgan fingerprint density at radius 1 is 1.56 bits per heavy atom. The Labute approximate surface area is 106 Å². The Kier molecular flexibility index (Phi) is 3.84. The molecular formula is C13H17NO4. The van der Waals surface area contributed by atoms with Gasteiger partial charge < -0.3 is 19.8 Å². The standard InChI is InChI=1S/C13H17NO4/c1-9-6-10(16)2-3-12(9)13(17)14-4-5-18-11(7-14)8-15/h2-3,6,11,15-16H,4-5,7-8H2,1H3. The number of aromatic hydroxyl groups is 1. The summed E-state index contributed by atoms with van der Waals surface area (Å²) < 4.78 is 5.31. The van der Waals surface area contributed by atoms with Crippen LogP contribution in [0.4, 0.5) is 0 Å². The second-order valence-corrected chi connectivity index (χ2v) is 4.43. The minimum absolute atomic E-state index is 0.0850. The number of benzene rings is 1. The quantitative estimate of drug-likeness (QED) is 0.804. The summed E-state index contributed by atoms with van der Waals surface area (Å²) in [5.41, 5.74) is 1.32. The zero-order chi connectivity index (χ0) is 13.1. The summed E-state index contributed by atoms with van der Waals surface area (Å²) >= 11 is 0. The van der Waals surface area contributed by atoms with Crippen LogP contribution in [0.3, 0.4) is 0 Å². The van der Waals surface area contributed by atoms with Crippen LogP contribution in [0, 0.1) is 6.92 Å². The van der Waals surface area contributed by atoms with E-state index in [0.717, 1.165) is 5.56 Å². The molecule has 1 heterocycles. The zero-order valence-corrected chi connectivity index (χ0v) is 10.3. The van der Waals surface area contributed by atoms with Crippen LogP contribution >= 0.6 is 0 Å². The van der Waals surface area contributed by atoms with Gasteiger partial charge in [-0.1, -0.05) is 0 Å². The van der Waals surface area contributed by atoms with Crippen molar-refractivity contribution in [1.29, 1.82) is 0 Å². The van der Waals surface area contributed by atoms with Crippen LogP contribution in [-0.4, -0.2) is 53.4 Å². The lowest BCUT2D eigenvalue weighted by molar-refractivity contribution is -0.0447. The topological polar surface area (TPSA) is 70.0 Å². The van der Waals surface area contributed by atoms with Crippen molar-refractivity contribution in [2.24, 2.45) is 0 Å². The van der Waals surface area contributed by atoms with E-state index in [1.165, 1.54) is 6.07 Å². The lowest BCUT2D eigenvalue weighted by Gasteiger charge is -2.32. The van der Waals surface area contributed by atoms with Gasteiger partial charge in [0.2, 0.25) is 0 Å². The fourth-order valence-corrected chi connectivity index (χ4v) is 2.07. The summed E-state index contributed by atoms with van der Waals surface area (Å²) in [6.45, 7) is 3.06. The number of aliphatic hydroxyl groups excluding tert-OH is 1. The second-order valence-electron chi connectivity index (χ2n) is 4.43. The molecule has 1 fully saturated rings. The molecule has 1 amide bonds. The SMILES string of the molecule is Cc1cc(O)ccc1C(=O)N1CCOC(CO)C1. The second kappa shape index (κ2) is 5.37. The van der Waals surface area contributed by atoms with Crippen molar-refractivity contribution in [3.63, 3.8) is 0 Å². The molecule has 18 heavy (non-hydrogen) atoms. The largest absolute Gasteiger partial charge is 0.508 e. The number of carbonyl (C=O) groups excluding carboxylic acids is 1. The molecule has 1 aliphatic heterocycles. The molecule has 0 radical (unpaired) electrons. The van der Waals surface area contributed by atoms with Gasteiger partial charge in [-0.15, -0.1) is 0 Å². The van der Waals surface area contributed by atoms with E-state index in [4.69, 9.17) is 9.84 Å². The van der Waals surface area contributed by atoms with Crippen molar-refractivity contribution < 1.29 is 19.7 Å². The maximum Gasteiger partial charge on any atom is 0.254 e. The molecule has 0 bridgehead atoms. The van der Waals surface area contributed by atoms with Gasteiger partial charge in [0.15, 0.2) is 0 Å². The highest BCUT2D eigenvalue weighted by molar-refractivity contribution is 5.95. The molecule has 2 rings (SSSR count). The van der Waals surface area contributed by atoms with Crippen molar-refractivity contribution in [3.8, 4) is 5.75 Å². The molecule has 1 unspecified atom stereocenters. The van der Waals surface area contributed by atoms with E-state index in [9.17, 15) is 9.90 Å². The molecule has 1 aromatic rings. The average Bonchev–Trinajstić information content (AvgIpc) is 2.38. The van der Waals surface area contributed by atoms with Gasteiger partial charge in [0, 0.05) is 18.7 Å². The van der Waals surface area contributed by atoms with Crippen molar-refractivity contribution in [2.75, 3.05) is 26.3 Å². The Balaban J connectivity index is 2.15. The lowest BCUT2D eigenvalue weighted by Crippen LogP contribution is -2.47. The summed E-state index contributed by atoms with van der Waals surface area (Å²) in [4.78, 5) is 14.0. The highest BCUT2D eigenvalue weighted by Crippen LogP contribution is 2.18. The van der Waals surface area contributed by atoms with Crippen LogP contribution in [-0.2, 0) is 4.74 Å². The summed E-state index contributed by atoms with van der Waals surface area (Å²) in [5, 5.41) is 18.4. The van der Waals surface area contributed by atoms with Crippen molar-refractivity contribution >= 4 is 5.91 Å². The molecule has 1 aromatic carbocycles. The summed E-state index contributed by atoms with van der Waals surface area (Å²) in [5.74, 6) is 0.0634. The normalized spacial score (nSPS) is 19.9. The number of phenols is 1. The zero-order valence-electron chi connectivity index (χ0n) is 10.3. The van der Waals surface area contributed by atoms with E-state index in [0.29, 0.717) is 25.3 Å².